The normalized spacial score (nSPS) is 13.7. The number of ether oxygens (including phenoxy) is 2. The Hall–Kier alpha value is -2.15. The van der Waals surface area contributed by atoms with Crippen LogP contribution in [0.3, 0.4) is 0 Å². The third kappa shape index (κ3) is 4.19. The highest BCUT2D eigenvalue weighted by Crippen LogP contribution is 2.41. The van der Waals surface area contributed by atoms with Gasteiger partial charge in [0.1, 0.15) is 12.2 Å². The fraction of sp³-hybridized carbons (Fsp3) is 0.467. The molecule has 7 nitrogen and oxygen atoms in total. The number of carbonyl (C=O) groups is 2. The second-order valence-corrected chi connectivity index (χ2v) is 6.40. The van der Waals surface area contributed by atoms with Gasteiger partial charge in [-0.05, 0) is 32.9 Å². The van der Waals surface area contributed by atoms with Gasteiger partial charge in [0, 0.05) is 12.7 Å². The zero-order valence-electron chi connectivity index (χ0n) is 13.5. The standard InChI is InChI=1S/C15H20ClN3O4/c1-15(2,3)23-14(21)19-5-6-22-12-10(16)7-9(8-11(12)19)18-13(20)17-4/h7-8H,5-6H2,1-4H3,(H2,17,18,20). The molecule has 0 saturated carbocycles. The minimum absolute atomic E-state index is 0.308. The first-order valence-electron chi connectivity index (χ1n) is 7.17. The number of benzene rings is 1. The molecule has 2 rings (SSSR count). The number of carbonyl (C=O) groups excluding carboxylic acids is 2. The van der Waals surface area contributed by atoms with Crippen LogP contribution in [0, 0.1) is 0 Å². The van der Waals surface area contributed by atoms with E-state index in [2.05, 4.69) is 10.6 Å². The van der Waals surface area contributed by atoms with E-state index in [4.69, 9.17) is 21.1 Å². The van der Waals surface area contributed by atoms with Crippen molar-refractivity contribution in [3.8, 4) is 5.75 Å². The molecule has 0 radical (unpaired) electrons. The van der Waals surface area contributed by atoms with Gasteiger partial charge < -0.3 is 20.1 Å². The third-order valence-electron chi connectivity index (χ3n) is 2.97. The summed E-state index contributed by atoms with van der Waals surface area (Å²) in [6.45, 7) is 6.03. The fourth-order valence-corrected chi connectivity index (χ4v) is 2.32. The topological polar surface area (TPSA) is 79.9 Å². The maximum Gasteiger partial charge on any atom is 0.415 e. The van der Waals surface area contributed by atoms with Gasteiger partial charge in [-0.15, -0.1) is 0 Å². The lowest BCUT2D eigenvalue weighted by Gasteiger charge is -2.32. The Bertz CT molecular complexity index is 628. The van der Waals surface area contributed by atoms with Crippen molar-refractivity contribution in [1.29, 1.82) is 0 Å². The number of amides is 3. The monoisotopic (exact) mass is 341 g/mol. The first kappa shape index (κ1) is 17.2. The van der Waals surface area contributed by atoms with E-state index in [1.165, 1.54) is 11.9 Å². The molecule has 1 aromatic carbocycles. The van der Waals surface area contributed by atoms with Crippen LogP contribution in [0.5, 0.6) is 5.75 Å². The predicted molar refractivity (Wildman–Crippen MR) is 88.6 cm³/mol. The van der Waals surface area contributed by atoms with Crippen LogP contribution < -0.4 is 20.3 Å². The lowest BCUT2D eigenvalue weighted by molar-refractivity contribution is 0.0568. The summed E-state index contributed by atoms with van der Waals surface area (Å²) in [7, 11) is 1.51. The minimum Gasteiger partial charge on any atom is -0.488 e. The van der Waals surface area contributed by atoms with Crippen molar-refractivity contribution in [2.75, 3.05) is 30.4 Å². The second kappa shape index (κ2) is 6.54. The molecule has 0 spiro atoms. The van der Waals surface area contributed by atoms with Crippen LogP contribution in [0.2, 0.25) is 5.02 Å². The van der Waals surface area contributed by atoms with E-state index in [1.807, 2.05) is 0 Å². The smallest absolute Gasteiger partial charge is 0.415 e. The van der Waals surface area contributed by atoms with Crippen LogP contribution in [0.1, 0.15) is 20.8 Å². The van der Waals surface area contributed by atoms with Crippen molar-refractivity contribution in [3.63, 3.8) is 0 Å². The zero-order chi connectivity index (χ0) is 17.2. The van der Waals surface area contributed by atoms with E-state index >= 15 is 0 Å². The number of hydrogen-bond acceptors (Lipinski definition) is 4. The van der Waals surface area contributed by atoms with Crippen molar-refractivity contribution in [3.05, 3.63) is 17.2 Å². The average molecular weight is 342 g/mol. The van der Waals surface area contributed by atoms with Gasteiger partial charge in [-0.25, -0.2) is 9.59 Å². The maximum atomic E-state index is 12.4. The van der Waals surface area contributed by atoms with Gasteiger partial charge in [-0.1, -0.05) is 11.6 Å². The van der Waals surface area contributed by atoms with Gasteiger partial charge >= 0.3 is 12.1 Å². The molecule has 1 heterocycles. The Morgan fingerprint density at radius 3 is 2.65 bits per heavy atom. The first-order chi connectivity index (χ1) is 10.7. The highest BCUT2D eigenvalue weighted by atomic mass is 35.5. The van der Waals surface area contributed by atoms with Crippen molar-refractivity contribution in [2.45, 2.75) is 26.4 Å². The number of urea groups is 1. The quantitative estimate of drug-likeness (QED) is 0.821. The Morgan fingerprint density at radius 2 is 2.04 bits per heavy atom. The van der Waals surface area contributed by atoms with E-state index in [0.717, 1.165) is 0 Å². The Labute approximate surface area is 139 Å². The summed E-state index contributed by atoms with van der Waals surface area (Å²) < 4.78 is 10.9. The molecular formula is C15H20ClN3O4. The van der Waals surface area contributed by atoms with Crippen LogP contribution in [0.4, 0.5) is 21.0 Å². The third-order valence-corrected chi connectivity index (χ3v) is 3.26. The van der Waals surface area contributed by atoms with Gasteiger partial charge in [0.2, 0.25) is 0 Å². The lowest BCUT2D eigenvalue weighted by Crippen LogP contribution is -2.41. The number of nitrogens with zero attached hydrogens (tertiary/aromatic N) is 1. The Morgan fingerprint density at radius 1 is 1.35 bits per heavy atom. The van der Waals surface area contributed by atoms with E-state index < -0.39 is 11.7 Å². The van der Waals surface area contributed by atoms with Gasteiger partial charge in [0.25, 0.3) is 0 Å². The van der Waals surface area contributed by atoms with E-state index in [0.29, 0.717) is 35.3 Å². The molecule has 2 N–H and O–H groups in total. The number of anilines is 2. The second-order valence-electron chi connectivity index (χ2n) is 5.99. The summed E-state index contributed by atoms with van der Waals surface area (Å²) in [6.07, 6.45) is -0.491. The summed E-state index contributed by atoms with van der Waals surface area (Å²) >= 11 is 6.20. The molecule has 126 valence electrons. The molecule has 0 aromatic heterocycles. The number of nitrogens with one attached hydrogen (secondary N) is 2. The molecule has 0 unspecified atom stereocenters. The van der Waals surface area contributed by atoms with Crippen LogP contribution in [0.15, 0.2) is 12.1 Å². The molecular weight excluding hydrogens is 322 g/mol. The molecule has 8 heteroatoms. The van der Waals surface area contributed by atoms with Gasteiger partial charge in [0.15, 0.2) is 5.75 Å². The fourth-order valence-electron chi connectivity index (χ4n) is 2.05. The van der Waals surface area contributed by atoms with E-state index in [-0.39, 0.29) is 6.03 Å². The molecule has 1 aromatic rings. The molecule has 0 saturated heterocycles. The summed E-state index contributed by atoms with van der Waals surface area (Å²) in [6, 6.07) is 2.80. The van der Waals surface area contributed by atoms with Crippen molar-refractivity contribution >= 4 is 35.1 Å². The van der Waals surface area contributed by atoms with Gasteiger partial charge in [-0.3, -0.25) is 4.90 Å². The van der Waals surface area contributed by atoms with Crippen LogP contribution in [0.25, 0.3) is 0 Å². The molecule has 0 aliphatic carbocycles. The number of halogens is 1. The Kier molecular flexibility index (Phi) is 4.89. The first-order valence-corrected chi connectivity index (χ1v) is 7.54. The highest BCUT2D eigenvalue weighted by Gasteiger charge is 2.30. The molecule has 23 heavy (non-hydrogen) atoms. The summed E-state index contributed by atoms with van der Waals surface area (Å²) in [4.78, 5) is 25.3. The molecule has 0 bridgehead atoms. The molecule has 1 aliphatic rings. The van der Waals surface area contributed by atoms with E-state index in [1.54, 1.807) is 32.9 Å². The van der Waals surface area contributed by atoms with Crippen LogP contribution in [-0.2, 0) is 4.74 Å². The minimum atomic E-state index is -0.614. The van der Waals surface area contributed by atoms with Crippen molar-refractivity contribution in [2.24, 2.45) is 0 Å². The van der Waals surface area contributed by atoms with Crippen LogP contribution >= 0.6 is 11.6 Å². The average Bonchev–Trinajstić information content (AvgIpc) is 2.44. The lowest BCUT2D eigenvalue weighted by atomic mass is 10.2. The maximum absolute atomic E-state index is 12.4. The summed E-state index contributed by atoms with van der Waals surface area (Å²) in [5.74, 6) is 0.395. The highest BCUT2D eigenvalue weighted by molar-refractivity contribution is 6.33. The largest absolute Gasteiger partial charge is 0.488 e. The molecule has 1 aliphatic heterocycles. The van der Waals surface area contributed by atoms with Gasteiger partial charge in [-0.2, -0.15) is 0 Å². The molecule has 0 atom stereocenters. The summed E-state index contributed by atoms with van der Waals surface area (Å²) in [5, 5.41) is 5.38. The Balaban J connectivity index is 2.35. The number of rotatable bonds is 1. The number of hydrogen-bond donors (Lipinski definition) is 2. The molecule has 3 amide bonds. The molecule has 0 fully saturated rings. The zero-order valence-corrected chi connectivity index (χ0v) is 14.3. The van der Waals surface area contributed by atoms with Crippen molar-refractivity contribution in [1.82, 2.24) is 5.32 Å². The van der Waals surface area contributed by atoms with Crippen LogP contribution in [-0.4, -0.2) is 37.9 Å². The SMILES string of the molecule is CNC(=O)Nc1cc(Cl)c2c(c1)N(C(=O)OC(C)(C)C)CCO2. The van der Waals surface area contributed by atoms with E-state index in [9.17, 15) is 9.59 Å². The summed E-state index contributed by atoms with van der Waals surface area (Å²) in [5.41, 5.74) is 0.300. The predicted octanol–water partition coefficient (Wildman–Crippen LogP) is 3.23. The van der Waals surface area contributed by atoms with Crippen molar-refractivity contribution < 1.29 is 19.1 Å². The number of fused-ring (bicyclic) bond motifs is 1. The van der Waals surface area contributed by atoms with Gasteiger partial charge in [0.05, 0.1) is 17.3 Å².